The molecule has 5 nitrogen and oxygen atoms in total. The van der Waals surface area contributed by atoms with Crippen LogP contribution in [0.5, 0.6) is 0 Å². The number of guanidine groups is 1. The molecule has 2 rings (SSSR count). The number of aliphatic imine (C=N–C) groups is 1. The van der Waals surface area contributed by atoms with Crippen molar-refractivity contribution in [3.8, 4) is 0 Å². The van der Waals surface area contributed by atoms with E-state index in [1.165, 1.54) is 5.56 Å². The highest BCUT2D eigenvalue weighted by atomic mass is 127. The summed E-state index contributed by atoms with van der Waals surface area (Å²) < 4.78 is 1.95. The minimum Gasteiger partial charge on any atom is -0.349 e. The van der Waals surface area contributed by atoms with E-state index in [-0.39, 0.29) is 24.0 Å². The summed E-state index contributed by atoms with van der Waals surface area (Å²) in [5.41, 5.74) is 2.37. The monoisotopic (exact) mass is 413 g/mol. The molecule has 0 amide bonds. The average Bonchev–Trinajstić information content (AvgIpc) is 2.87. The number of hydrogen-bond acceptors (Lipinski definition) is 2. The second-order valence-electron chi connectivity index (χ2n) is 5.44. The van der Waals surface area contributed by atoms with Crippen LogP contribution in [0.4, 0.5) is 0 Å². The molecule has 1 aromatic heterocycles. The van der Waals surface area contributed by atoms with Gasteiger partial charge in [-0.2, -0.15) is 5.10 Å². The number of aromatic nitrogens is 2. The van der Waals surface area contributed by atoms with Crippen molar-refractivity contribution in [2.24, 2.45) is 4.99 Å². The predicted octanol–water partition coefficient (Wildman–Crippen LogP) is 2.53. The van der Waals surface area contributed by atoms with Crippen LogP contribution in [0, 0.1) is 0 Å². The second kappa shape index (κ2) is 8.77. The molecule has 0 aliphatic rings. The first-order valence-corrected chi connectivity index (χ1v) is 7.00. The van der Waals surface area contributed by atoms with Crippen LogP contribution in [-0.2, 0) is 13.1 Å². The quantitative estimate of drug-likeness (QED) is 0.439. The molecule has 2 aromatic rings. The van der Waals surface area contributed by atoms with Gasteiger partial charge in [0.05, 0.1) is 19.3 Å². The van der Waals surface area contributed by atoms with E-state index in [2.05, 4.69) is 28.4 Å². The van der Waals surface area contributed by atoms with E-state index in [9.17, 15) is 0 Å². The summed E-state index contributed by atoms with van der Waals surface area (Å²) in [6.07, 6.45) is 3.94. The maximum atomic E-state index is 4.63. The zero-order valence-electron chi connectivity index (χ0n) is 13.6. The first kappa shape index (κ1) is 18.5. The molecule has 0 fully saturated rings. The Balaban J connectivity index is 0.00000242. The van der Waals surface area contributed by atoms with Crippen molar-refractivity contribution in [1.82, 2.24) is 19.6 Å². The summed E-state index contributed by atoms with van der Waals surface area (Å²) in [6.45, 7) is 1.43. The van der Waals surface area contributed by atoms with Gasteiger partial charge in [-0.15, -0.1) is 24.0 Å². The molecule has 0 radical (unpaired) electrons. The molecule has 22 heavy (non-hydrogen) atoms. The zero-order valence-corrected chi connectivity index (χ0v) is 15.9. The van der Waals surface area contributed by atoms with Crippen molar-refractivity contribution in [2.75, 3.05) is 28.2 Å². The molecule has 0 atom stereocenters. The zero-order chi connectivity index (χ0) is 15.2. The molecule has 120 valence electrons. The van der Waals surface area contributed by atoms with Crippen LogP contribution in [-0.4, -0.2) is 53.7 Å². The third-order valence-electron chi connectivity index (χ3n) is 3.08. The fraction of sp³-hybridized carbons (Fsp3) is 0.375. The van der Waals surface area contributed by atoms with E-state index in [0.717, 1.165) is 18.1 Å². The number of benzene rings is 1. The minimum absolute atomic E-state index is 0. The van der Waals surface area contributed by atoms with Gasteiger partial charge in [0.15, 0.2) is 5.96 Å². The Morgan fingerprint density at radius 1 is 1.05 bits per heavy atom. The van der Waals surface area contributed by atoms with Crippen molar-refractivity contribution < 1.29 is 0 Å². The summed E-state index contributed by atoms with van der Waals surface area (Å²) in [6, 6.07) is 10.3. The van der Waals surface area contributed by atoms with Crippen molar-refractivity contribution in [3.05, 3.63) is 53.9 Å². The van der Waals surface area contributed by atoms with Crippen LogP contribution in [0.3, 0.4) is 0 Å². The van der Waals surface area contributed by atoms with E-state index >= 15 is 0 Å². The topological polar surface area (TPSA) is 36.7 Å². The normalized spacial score (nSPS) is 9.82. The lowest BCUT2D eigenvalue weighted by Crippen LogP contribution is -2.35. The number of halogens is 1. The van der Waals surface area contributed by atoms with Gasteiger partial charge >= 0.3 is 0 Å². The van der Waals surface area contributed by atoms with E-state index < -0.39 is 0 Å². The predicted molar refractivity (Wildman–Crippen MR) is 102 cm³/mol. The molecule has 0 bridgehead atoms. The van der Waals surface area contributed by atoms with Crippen LogP contribution in [0.25, 0.3) is 0 Å². The summed E-state index contributed by atoms with van der Waals surface area (Å²) in [5.74, 6) is 0.950. The van der Waals surface area contributed by atoms with E-state index in [1.54, 1.807) is 0 Å². The van der Waals surface area contributed by atoms with Gasteiger partial charge in [-0.3, -0.25) is 4.68 Å². The molecule has 1 heterocycles. The Labute approximate surface area is 149 Å². The summed E-state index contributed by atoms with van der Waals surface area (Å²) in [5, 5.41) is 4.40. The molecule has 0 N–H and O–H groups in total. The Hall–Kier alpha value is -1.57. The fourth-order valence-electron chi connectivity index (χ4n) is 2.19. The van der Waals surface area contributed by atoms with Crippen LogP contribution < -0.4 is 0 Å². The number of rotatable bonds is 4. The molecular formula is C16H24IN5. The van der Waals surface area contributed by atoms with Crippen molar-refractivity contribution in [1.29, 1.82) is 0 Å². The highest BCUT2D eigenvalue weighted by Gasteiger charge is 2.05. The number of hydrogen-bond donors (Lipinski definition) is 0. The van der Waals surface area contributed by atoms with Crippen LogP contribution in [0.2, 0.25) is 0 Å². The average molecular weight is 413 g/mol. The standard InChI is InChI=1S/C16H23N5.HI/c1-19(2)16(20(3)4)17-10-15-11-18-21(13-15)12-14-8-6-5-7-9-14;/h5-9,11,13H,10,12H2,1-4H3;1H. The third kappa shape index (κ3) is 5.32. The van der Waals surface area contributed by atoms with Gasteiger partial charge in [-0.1, -0.05) is 30.3 Å². The van der Waals surface area contributed by atoms with Crippen LogP contribution in [0.1, 0.15) is 11.1 Å². The molecule has 0 saturated carbocycles. The van der Waals surface area contributed by atoms with Gasteiger partial charge in [0.25, 0.3) is 0 Å². The smallest absolute Gasteiger partial charge is 0.195 e. The second-order valence-corrected chi connectivity index (χ2v) is 5.44. The molecule has 0 unspecified atom stereocenters. The maximum absolute atomic E-state index is 4.63. The Morgan fingerprint density at radius 3 is 2.27 bits per heavy atom. The third-order valence-corrected chi connectivity index (χ3v) is 3.08. The summed E-state index contributed by atoms with van der Waals surface area (Å²) in [4.78, 5) is 8.65. The molecule has 6 heteroatoms. The van der Waals surface area contributed by atoms with Gasteiger partial charge in [-0.05, 0) is 5.56 Å². The first-order chi connectivity index (χ1) is 10.1. The van der Waals surface area contributed by atoms with Crippen LogP contribution in [0.15, 0.2) is 47.7 Å². The van der Waals surface area contributed by atoms with Gasteiger partial charge in [-0.25, -0.2) is 4.99 Å². The lowest BCUT2D eigenvalue weighted by atomic mass is 10.2. The molecule has 0 aliphatic carbocycles. The SMILES string of the molecule is CN(C)C(=NCc1cnn(Cc2ccccc2)c1)N(C)C.I. The first-order valence-electron chi connectivity index (χ1n) is 7.00. The highest BCUT2D eigenvalue weighted by Crippen LogP contribution is 2.05. The summed E-state index contributed by atoms with van der Waals surface area (Å²) in [7, 11) is 7.99. The fourth-order valence-corrected chi connectivity index (χ4v) is 2.19. The molecular weight excluding hydrogens is 389 g/mol. The Bertz CT molecular complexity index is 580. The van der Waals surface area contributed by atoms with Gasteiger partial charge < -0.3 is 9.80 Å². The molecule has 0 aliphatic heterocycles. The molecule has 0 spiro atoms. The minimum atomic E-state index is 0. The van der Waals surface area contributed by atoms with Gasteiger partial charge in [0.1, 0.15) is 0 Å². The van der Waals surface area contributed by atoms with Gasteiger partial charge in [0.2, 0.25) is 0 Å². The highest BCUT2D eigenvalue weighted by molar-refractivity contribution is 14.0. The number of nitrogens with zero attached hydrogens (tertiary/aromatic N) is 5. The lowest BCUT2D eigenvalue weighted by molar-refractivity contribution is 0.479. The van der Waals surface area contributed by atoms with Crippen LogP contribution >= 0.6 is 24.0 Å². The van der Waals surface area contributed by atoms with Crippen molar-refractivity contribution in [2.45, 2.75) is 13.1 Å². The van der Waals surface area contributed by atoms with E-state index in [1.807, 2.05) is 67.1 Å². The largest absolute Gasteiger partial charge is 0.349 e. The Morgan fingerprint density at radius 2 is 1.68 bits per heavy atom. The maximum Gasteiger partial charge on any atom is 0.195 e. The molecule has 0 saturated heterocycles. The van der Waals surface area contributed by atoms with Crippen molar-refractivity contribution in [3.63, 3.8) is 0 Å². The lowest BCUT2D eigenvalue weighted by Gasteiger charge is -2.22. The Kier molecular flexibility index (Phi) is 7.37. The van der Waals surface area contributed by atoms with E-state index in [0.29, 0.717) is 6.54 Å². The van der Waals surface area contributed by atoms with E-state index in [4.69, 9.17) is 0 Å². The summed E-state index contributed by atoms with van der Waals surface area (Å²) >= 11 is 0. The van der Waals surface area contributed by atoms with Crippen molar-refractivity contribution >= 4 is 29.9 Å². The molecule has 1 aromatic carbocycles. The van der Waals surface area contributed by atoms with Gasteiger partial charge in [0, 0.05) is 40.0 Å².